The summed E-state index contributed by atoms with van der Waals surface area (Å²) in [5, 5.41) is 30.3. The Balaban J connectivity index is 1.67. The lowest BCUT2D eigenvalue weighted by Gasteiger charge is -2.30. The summed E-state index contributed by atoms with van der Waals surface area (Å²) in [6, 6.07) is 22.7. The van der Waals surface area contributed by atoms with Crippen LogP contribution in [0, 0.1) is 11.3 Å². The Bertz CT molecular complexity index is 1500. The second-order valence-electron chi connectivity index (χ2n) is 8.55. The molecule has 0 spiro atoms. The third-order valence-electron chi connectivity index (χ3n) is 5.94. The molecule has 1 aliphatic heterocycles. The summed E-state index contributed by atoms with van der Waals surface area (Å²) in [4.78, 5) is 26.2. The zero-order chi connectivity index (χ0) is 27.9. The summed E-state index contributed by atoms with van der Waals surface area (Å²) in [5.74, 6) is -1.29. The van der Waals surface area contributed by atoms with Crippen LogP contribution in [0.15, 0.2) is 94.7 Å². The van der Waals surface area contributed by atoms with Crippen LogP contribution in [0.3, 0.4) is 0 Å². The van der Waals surface area contributed by atoms with Crippen LogP contribution in [-0.4, -0.2) is 29.8 Å². The van der Waals surface area contributed by atoms with Crippen LogP contribution in [0.25, 0.3) is 0 Å². The third kappa shape index (κ3) is 6.55. The monoisotopic (exact) mass is 560 g/mol. The average molecular weight is 561 g/mol. The topological polar surface area (TPSA) is 123 Å². The fraction of sp³-hybridized carbons (Fsp3) is 0.138. The van der Waals surface area contributed by atoms with Crippen LogP contribution in [0.2, 0.25) is 5.02 Å². The van der Waals surface area contributed by atoms with Gasteiger partial charge in [0.25, 0.3) is 5.91 Å². The molecule has 0 aliphatic carbocycles. The van der Waals surface area contributed by atoms with Gasteiger partial charge in [0.15, 0.2) is 11.5 Å². The number of anilines is 2. The molecule has 0 bridgehead atoms. The molecule has 2 amide bonds. The Labute approximate surface area is 235 Å². The lowest BCUT2D eigenvalue weighted by molar-refractivity contribution is -0.114. The van der Waals surface area contributed by atoms with Gasteiger partial charge in [0, 0.05) is 27.7 Å². The number of halogens is 1. The van der Waals surface area contributed by atoms with E-state index in [1.165, 1.54) is 13.2 Å². The highest BCUT2D eigenvalue weighted by Gasteiger charge is 2.35. The number of aromatic hydroxyl groups is 1. The van der Waals surface area contributed by atoms with E-state index >= 15 is 0 Å². The van der Waals surface area contributed by atoms with Crippen molar-refractivity contribution in [2.75, 3.05) is 23.5 Å². The normalized spacial score (nSPS) is 14.8. The number of carbonyl (C=O) groups excluding carboxylic acids is 2. The van der Waals surface area contributed by atoms with Crippen LogP contribution in [0.1, 0.15) is 18.4 Å². The Morgan fingerprint density at radius 2 is 1.77 bits per heavy atom. The van der Waals surface area contributed by atoms with Crippen molar-refractivity contribution in [3.63, 3.8) is 0 Å². The molecule has 0 radical (unpaired) electrons. The van der Waals surface area contributed by atoms with Crippen molar-refractivity contribution < 1.29 is 19.4 Å². The van der Waals surface area contributed by atoms with E-state index in [2.05, 4.69) is 22.0 Å². The predicted molar refractivity (Wildman–Crippen MR) is 153 cm³/mol. The first-order chi connectivity index (χ1) is 18.8. The van der Waals surface area contributed by atoms with Crippen LogP contribution in [0.4, 0.5) is 11.4 Å². The molecule has 0 saturated carbocycles. The summed E-state index contributed by atoms with van der Waals surface area (Å²) in [7, 11) is 1.42. The summed E-state index contributed by atoms with van der Waals surface area (Å²) < 4.78 is 5.29. The average Bonchev–Trinajstić information content (AvgIpc) is 2.93. The van der Waals surface area contributed by atoms with E-state index in [1.807, 2.05) is 18.2 Å². The van der Waals surface area contributed by atoms with E-state index < -0.39 is 5.92 Å². The summed E-state index contributed by atoms with van der Waals surface area (Å²) in [6.45, 7) is 1.74. The Hall–Kier alpha value is -4.39. The van der Waals surface area contributed by atoms with E-state index in [0.29, 0.717) is 38.3 Å². The lowest BCUT2D eigenvalue weighted by atomic mass is 9.82. The molecule has 3 aromatic rings. The van der Waals surface area contributed by atoms with Crippen molar-refractivity contribution in [2.45, 2.75) is 12.8 Å². The van der Waals surface area contributed by atoms with E-state index in [0.717, 1.165) is 11.8 Å². The molecule has 4 rings (SSSR count). The number of hydrogen-bond acceptors (Lipinski definition) is 7. The molecule has 0 aromatic heterocycles. The van der Waals surface area contributed by atoms with Gasteiger partial charge in [0.1, 0.15) is 0 Å². The zero-order valence-electron chi connectivity index (χ0n) is 21.1. The van der Waals surface area contributed by atoms with E-state index in [4.69, 9.17) is 16.3 Å². The van der Waals surface area contributed by atoms with Gasteiger partial charge < -0.3 is 25.8 Å². The Morgan fingerprint density at radius 3 is 2.44 bits per heavy atom. The molecule has 0 fully saturated rings. The minimum absolute atomic E-state index is 0.0145. The first kappa shape index (κ1) is 27.6. The number of phenolic OH excluding ortho intramolecular Hbond substituents is 1. The second-order valence-corrected chi connectivity index (χ2v) is 9.97. The number of thioether (sulfide) groups is 1. The van der Waals surface area contributed by atoms with Gasteiger partial charge in [-0.15, -0.1) is 0 Å². The fourth-order valence-corrected chi connectivity index (χ4v) is 5.14. The maximum absolute atomic E-state index is 13.5. The summed E-state index contributed by atoms with van der Waals surface area (Å²) in [5.41, 5.74) is 2.89. The van der Waals surface area contributed by atoms with Gasteiger partial charge in [-0.2, -0.15) is 5.26 Å². The molecule has 1 heterocycles. The third-order valence-corrected chi connectivity index (χ3v) is 7.21. The number of dihydropyridines is 1. The van der Waals surface area contributed by atoms with Crippen molar-refractivity contribution in [3.8, 4) is 17.6 Å². The number of rotatable bonds is 8. The molecule has 8 nitrogen and oxygen atoms in total. The van der Waals surface area contributed by atoms with Gasteiger partial charge in [-0.3, -0.25) is 9.59 Å². The van der Waals surface area contributed by atoms with Gasteiger partial charge in [-0.25, -0.2) is 0 Å². The number of ether oxygens (including phenoxy) is 1. The second kappa shape index (κ2) is 12.4. The molecule has 4 N–H and O–H groups in total. The van der Waals surface area contributed by atoms with Gasteiger partial charge >= 0.3 is 0 Å². The number of phenols is 1. The largest absolute Gasteiger partial charge is 0.504 e. The van der Waals surface area contributed by atoms with Crippen LogP contribution in [-0.2, 0) is 9.59 Å². The maximum Gasteiger partial charge on any atom is 0.254 e. The number of benzene rings is 3. The number of nitriles is 1. The molecule has 10 heteroatoms. The predicted octanol–water partition coefficient (Wildman–Crippen LogP) is 5.76. The SMILES string of the molecule is COc1cc([C@H]2C(C#N)=C(SCC(=O)Nc3ccc(Cl)cc3)NC(C)=C2C(=O)Nc2ccccc2)ccc1O. The van der Waals surface area contributed by atoms with Crippen molar-refractivity contribution in [3.05, 3.63) is 105 Å². The van der Waals surface area contributed by atoms with Crippen molar-refractivity contribution in [1.29, 1.82) is 5.26 Å². The van der Waals surface area contributed by atoms with Crippen molar-refractivity contribution >= 4 is 46.6 Å². The lowest BCUT2D eigenvalue weighted by Crippen LogP contribution is -2.31. The number of nitrogens with zero attached hydrogens (tertiary/aromatic N) is 1. The molecule has 1 aliphatic rings. The molecule has 0 saturated heterocycles. The smallest absolute Gasteiger partial charge is 0.254 e. The van der Waals surface area contributed by atoms with E-state index in [-0.39, 0.29) is 34.6 Å². The number of carbonyl (C=O) groups is 2. The van der Waals surface area contributed by atoms with Crippen molar-refractivity contribution in [2.24, 2.45) is 0 Å². The van der Waals surface area contributed by atoms with Crippen molar-refractivity contribution in [1.82, 2.24) is 5.32 Å². The van der Waals surface area contributed by atoms with E-state index in [1.54, 1.807) is 55.5 Å². The molecule has 1 atom stereocenters. The number of para-hydroxylation sites is 1. The maximum atomic E-state index is 13.5. The molecular formula is C29H25ClN4O4S. The minimum Gasteiger partial charge on any atom is -0.504 e. The first-order valence-electron chi connectivity index (χ1n) is 11.8. The van der Waals surface area contributed by atoms with Gasteiger partial charge in [-0.1, -0.05) is 47.6 Å². The Morgan fingerprint density at radius 1 is 1.08 bits per heavy atom. The molecule has 39 heavy (non-hydrogen) atoms. The number of allylic oxidation sites excluding steroid dienone is 2. The van der Waals surface area contributed by atoms with Gasteiger partial charge in [0.05, 0.1) is 35.5 Å². The van der Waals surface area contributed by atoms with Crippen LogP contribution >= 0.6 is 23.4 Å². The summed E-state index contributed by atoms with van der Waals surface area (Å²) >= 11 is 7.07. The fourth-order valence-electron chi connectivity index (χ4n) is 4.12. The Kier molecular flexibility index (Phi) is 8.81. The quantitative estimate of drug-likeness (QED) is 0.276. The molecular weight excluding hydrogens is 536 g/mol. The molecule has 3 aromatic carbocycles. The van der Waals surface area contributed by atoms with Gasteiger partial charge in [-0.05, 0) is 61.0 Å². The zero-order valence-corrected chi connectivity index (χ0v) is 22.7. The first-order valence-corrected chi connectivity index (χ1v) is 13.2. The van der Waals surface area contributed by atoms with E-state index in [9.17, 15) is 20.0 Å². The standard InChI is InChI=1S/C29H25ClN4O4S/c1-17-26(28(37)34-20-6-4-3-5-7-20)27(18-8-13-23(35)24(14-18)38-2)22(15-31)29(32-17)39-16-25(36)33-21-11-9-19(30)10-12-21/h3-14,27,32,35H,16H2,1-2H3,(H,33,36)(H,34,37)/t27-/m0/s1. The summed E-state index contributed by atoms with van der Waals surface area (Å²) in [6.07, 6.45) is 0. The number of hydrogen-bond donors (Lipinski definition) is 4. The van der Waals surface area contributed by atoms with Crippen LogP contribution in [0.5, 0.6) is 11.5 Å². The highest BCUT2D eigenvalue weighted by Crippen LogP contribution is 2.43. The molecule has 0 unspecified atom stereocenters. The number of methoxy groups -OCH3 is 1. The highest BCUT2D eigenvalue weighted by atomic mass is 35.5. The number of nitrogens with one attached hydrogen (secondary N) is 3. The number of amides is 2. The molecule has 198 valence electrons. The van der Waals surface area contributed by atoms with Gasteiger partial charge in [0.2, 0.25) is 5.91 Å². The highest BCUT2D eigenvalue weighted by molar-refractivity contribution is 8.03. The minimum atomic E-state index is -0.781. The van der Waals surface area contributed by atoms with Crippen LogP contribution < -0.4 is 20.7 Å².